The quantitative estimate of drug-likeness (QED) is 0.489. The van der Waals surface area contributed by atoms with Crippen molar-refractivity contribution in [1.82, 2.24) is 14.9 Å². The Balaban J connectivity index is 1.45. The molecule has 1 aromatic carbocycles. The molecule has 158 valence electrons. The van der Waals surface area contributed by atoms with Gasteiger partial charge in [0, 0.05) is 36.4 Å². The summed E-state index contributed by atoms with van der Waals surface area (Å²) in [5.41, 5.74) is 7.40. The zero-order chi connectivity index (χ0) is 21.5. The lowest BCUT2D eigenvalue weighted by atomic mass is 9.89. The molecule has 30 heavy (non-hydrogen) atoms. The highest BCUT2D eigenvalue weighted by Gasteiger charge is 2.32. The molecule has 1 aliphatic rings. The first-order valence-corrected chi connectivity index (χ1v) is 9.28. The van der Waals surface area contributed by atoms with Gasteiger partial charge in [-0.3, -0.25) is 4.79 Å². The largest absolute Gasteiger partial charge is 0.573 e. The van der Waals surface area contributed by atoms with E-state index in [1.54, 1.807) is 4.90 Å². The molecule has 10 heteroatoms. The first-order valence-electron chi connectivity index (χ1n) is 9.28. The number of benzene rings is 1. The van der Waals surface area contributed by atoms with Gasteiger partial charge in [0.2, 0.25) is 0 Å². The van der Waals surface area contributed by atoms with Gasteiger partial charge in [-0.25, -0.2) is 9.37 Å². The highest BCUT2D eigenvalue weighted by atomic mass is 19.4. The van der Waals surface area contributed by atoms with Crippen molar-refractivity contribution in [3.8, 4) is 5.75 Å². The number of anilines is 1. The number of piperidine rings is 1. The number of hydrogen-bond donors (Lipinski definition) is 2. The van der Waals surface area contributed by atoms with E-state index >= 15 is 0 Å². The van der Waals surface area contributed by atoms with Crippen molar-refractivity contribution in [2.45, 2.75) is 25.1 Å². The SMILES string of the molecule is Nc1cc(OC(F)(F)F)ccc1C(=O)N1CCC(c2c[nH]c3ncc(F)cc23)CC1. The first-order chi connectivity index (χ1) is 14.2. The molecular formula is C20H18F4N4O2. The van der Waals surface area contributed by atoms with Crippen LogP contribution in [0.3, 0.4) is 0 Å². The van der Waals surface area contributed by atoms with Gasteiger partial charge in [-0.15, -0.1) is 13.2 Å². The van der Waals surface area contributed by atoms with Crippen LogP contribution < -0.4 is 10.5 Å². The maximum absolute atomic E-state index is 13.6. The number of carbonyl (C=O) groups excluding carboxylic acids is 1. The van der Waals surface area contributed by atoms with Crippen LogP contribution in [0.5, 0.6) is 5.75 Å². The number of ether oxygens (including phenoxy) is 1. The number of H-pyrrole nitrogens is 1. The van der Waals surface area contributed by atoms with E-state index in [0.717, 1.165) is 29.3 Å². The molecular weight excluding hydrogens is 404 g/mol. The number of likely N-dealkylation sites (tertiary alicyclic amines) is 1. The van der Waals surface area contributed by atoms with Crippen molar-refractivity contribution in [3.05, 3.63) is 53.6 Å². The fourth-order valence-corrected chi connectivity index (χ4v) is 3.83. The Kier molecular flexibility index (Phi) is 5.00. The van der Waals surface area contributed by atoms with Crippen molar-refractivity contribution in [2.75, 3.05) is 18.8 Å². The predicted octanol–water partition coefficient (Wildman–Crippen LogP) is 4.20. The van der Waals surface area contributed by atoms with Crippen molar-refractivity contribution < 1.29 is 27.1 Å². The average molecular weight is 422 g/mol. The van der Waals surface area contributed by atoms with E-state index in [0.29, 0.717) is 31.6 Å². The Morgan fingerprint density at radius 3 is 2.63 bits per heavy atom. The number of aromatic nitrogens is 2. The van der Waals surface area contributed by atoms with E-state index in [2.05, 4.69) is 14.7 Å². The predicted molar refractivity (Wildman–Crippen MR) is 101 cm³/mol. The van der Waals surface area contributed by atoms with Gasteiger partial charge in [0.05, 0.1) is 11.8 Å². The number of nitrogen functional groups attached to an aromatic ring is 1. The molecule has 3 N–H and O–H groups in total. The third kappa shape index (κ3) is 4.03. The molecule has 0 bridgehead atoms. The van der Waals surface area contributed by atoms with Crippen LogP contribution in [0.1, 0.15) is 34.7 Å². The molecule has 3 aromatic rings. The Hall–Kier alpha value is -3.30. The Morgan fingerprint density at radius 1 is 1.23 bits per heavy atom. The number of fused-ring (bicyclic) bond motifs is 1. The summed E-state index contributed by atoms with van der Waals surface area (Å²) in [7, 11) is 0. The summed E-state index contributed by atoms with van der Waals surface area (Å²) in [6, 6.07) is 4.73. The third-order valence-corrected chi connectivity index (χ3v) is 5.24. The molecule has 1 fully saturated rings. The Bertz CT molecular complexity index is 1090. The number of pyridine rings is 1. The number of nitrogens with zero attached hydrogens (tertiary/aromatic N) is 2. The van der Waals surface area contributed by atoms with Crippen LogP contribution in [0, 0.1) is 5.82 Å². The third-order valence-electron chi connectivity index (χ3n) is 5.24. The van der Waals surface area contributed by atoms with Gasteiger partial charge >= 0.3 is 6.36 Å². The normalized spacial score (nSPS) is 15.5. The van der Waals surface area contributed by atoms with E-state index in [-0.39, 0.29) is 23.1 Å². The summed E-state index contributed by atoms with van der Waals surface area (Å²) in [5.74, 6) is -1.11. The molecule has 0 radical (unpaired) electrons. The number of nitrogens with two attached hydrogens (primary N) is 1. The first kappa shape index (κ1) is 20.0. The van der Waals surface area contributed by atoms with E-state index in [1.165, 1.54) is 12.1 Å². The number of rotatable bonds is 3. The average Bonchev–Trinajstić information content (AvgIpc) is 3.09. The molecule has 0 aliphatic carbocycles. The monoisotopic (exact) mass is 422 g/mol. The lowest BCUT2D eigenvalue weighted by molar-refractivity contribution is -0.274. The number of carbonyl (C=O) groups is 1. The number of nitrogens with one attached hydrogen (secondary N) is 1. The lowest BCUT2D eigenvalue weighted by Crippen LogP contribution is -2.38. The second kappa shape index (κ2) is 7.51. The van der Waals surface area contributed by atoms with E-state index in [1.807, 2.05) is 6.20 Å². The van der Waals surface area contributed by atoms with Crippen molar-refractivity contribution in [3.63, 3.8) is 0 Å². The number of halogens is 4. The zero-order valence-electron chi connectivity index (χ0n) is 15.7. The standard InChI is InChI=1S/C20H18F4N4O2/c21-12-7-15-16(10-27-18(15)26-9-12)11-3-5-28(6-4-11)19(29)14-2-1-13(8-17(14)25)30-20(22,23)24/h1-2,7-11H,3-6,25H2,(H,26,27). The number of aromatic amines is 1. The molecule has 0 spiro atoms. The van der Waals surface area contributed by atoms with Crippen molar-refractivity contribution in [2.24, 2.45) is 0 Å². The second-order valence-corrected chi connectivity index (χ2v) is 7.16. The smallest absolute Gasteiger partial charge is 0.406 e. The van der Waals surface area contributed by atoms with Crippen LogP contribution in [-0.4, -0.2) is 40.2 Å². The van der Waals surface area contributed by atoms with Crippen LogP contribution in [0.25, 0.3) is 11.0 Å². The summed E-state index contributed by atoms with van der Waals surface area (Å²) in [6.07, 6.45) is -0.550. The van der Waals surface area contributed by atoms with Crippen LogP contribution in [0.4, 0.5) is 23.2 Å². The van der Waals surface area contributed by atoms with Gasteiger partial charge in [-0.1, -0.05) is 0 Å². The van der Waals surface area contributed by atoms with E-state index in [9.17, 15) is 22.4 Å². The number of amides is 1. The molecule has 4 rings (SSSR count). The number of hydrogen-bond acceptors (Lipinski definition) is 4. The summed E-state index contributed by atoms with van der Waals surface area (Å²) >= 11 is 0. The van der Waals surface area contributed by atoms with Crippen molar-refractivity contribution >= 4 is 22.6 Å². The fraction of sp³-hybridized carbons (Fsp3) is 0.300. The van der Waals surface area contributed by atoms with Crippen LogP contribution in [0.15, 0.2) is 36.7 Å². The topological polar surface area (TPSA) is 84.2 Å². The highest BCUT2D eigenvalue weighted by molar-refractivity contribution is 5.99. The minimum atomic E-state index is -4.83. The van der Waals surface area contributed by atoms with Gasteiger partial charge in [0.1, 0.15) is 17.2 Å². The fourth-order valence-electron chi connectivity index (χ4n) is 3.83. The van der Waals surface area contributed by atoms with Gasteiger partial charge in [0.15, 0.2) is 0 Å². The molecule has 0 saturated carbocycles. The molecule has 2 aromatic heterocycles. The molecule has 1 amide bonds. The lowest BCUT2D eigenvalue weighted by Gasteiger charge is -2.32. The van der Waals surface area contributed by atoms with Gasteiger partial charge < -0.3 is 20.4 Å². The van der Waals surface area contributed by atoms with Gasteiger partial charge in [0.25, 0.3) is 5.91 Å². The second-order valence-electron chi connectivity index (χ2n) is 7.16. The highest BCUT2D eigenvalue weighted by Crippen LogP contribution is 2.34. The minimum absolute atomic E-state index is 0.0814. The molecule has 6 nitrogen and oxygen atoms in total. The molecule has 3 heterocycles. The summed E-state index contributed by atoms with van der Waals surface area (Å²) in [4.78, 5) is 21.5. The maximum atomic E-state index is 13.6. The molecule has 1 saturated heterocycles. The minimum Gasteiger partial charge on any atom is -0.406 e. The number of alkyl halides is 3. The Morgan fingerprint density at radius 2 is 1.97 bits per heavy atom. The summed E-state index contributed by atoms with van der Waals surface area (Å²) in [6.45, 7) is 0.887. The van der Waals surface area contributed by atoms with Crippen LogP contribution in [0.2, 0.25) is 0 Å². The molecule has 0 atom stereocenters. The zero-order valence-corrected chi connectivity index (χ0v) is 15.7. The molecule has 0 unspecified atom stereocenters. The Labute approximate surface area is 168 Å². The van der Waals surface area contributed by atoms with E-state index < -0.39 is 17.9 Å². The van der Waals surface area contributed by atoms with Gasteiger partial charge in [-0.2, -0.15) is 0 Å². The maximum Gasteiger partial charge on any atom is 0.573 e. The van der Waals surface area contributed by atoms with Crippen LogP contribution in [-0.2, 0) is 0 Å². The van der Waals surface area contributed by atoms with Crippen LogP contribution >= 0.6 is 0 Å². The molecule has 1 aliphatic heterocycles. The van der Waals surface area contributed by atoms with Gasteiger partial charge in [-0.05, 0) is 42.5 Å². The van der Waals surface area contributed by atoms with E-state index in [4.69, 9.17) is 5.73 Å². The summed E-state index contributed by atoms with van der Waals surface area (Å²) < 4.78 is 54.4. The summed E-state index contributed by atoms with van der Waals surface area (Å²) in [5, 5.41) is 0.726. The van der Waals surface area contributed by atoms with Crippen molar-refractivity contribution in [1.29, 1.82) is 0 Å².